The number of carbonyl (C=O) groups excluding carboxylic acids is 2. The van der Waals surface area contributed by atoms with Crippen molar-refractivity contribution in [3.63, 3.8) is 0 Å². The van der Waals surface area contributed by atoms with Gasteiger partial charge in [-0.05, 0) is 37.5 Å². The lowest BCUT2D eigenvalue weighted by Gasteiger charge is -2.10. The third-order valence-corrected chi connectivity index (χ3v) is 2.83. The van der Waals surface area contributed by atoms with E-state index < -0.39 is 5.91 Å². The van der Waals surface area contributed by atoms with Crippen molar-refractivity contribution in [1.82, 2.24) is 5.32 Å². The number of amides is 3. The van der Waals surface area contributed by atoms with Crippen LogP contribution in [-0.2, 0) is 4.74 Å². The quantitative estimate of drug-likeness (QED) is 0.662. The van der Waals surface area contributed by atoms with E-state index >= 15 is 0 Å². The summed E-state index contributed by atoms with van der Waals surface area (Å²) in [7, 11) is 1.65. The van der Waals surface area contributed by atoms with Crippen molar-refractivity contribution in [3.8, 4) is 0 Å². The average Bonchev–Trinajstić information content (AvgIpc) is 2.40. The Bertz CT molecular complexity index is 475. The molecule has 0 radical (unpaired) electrons. The maximum Gasteiger partial charge on any atom is 0.319 e. The van der Waals surface area contributed by atoms with Crippen molar-refractivity contribution in [2.45, 2.75) is 19.8 Å². The summed E-state index contributed by atoms with van der Waals surface area (Å²) in [6, 6.07) is 4.65. The maximum absolute atomic E-state index is 11.7. The first kappa shape index (κ1) is 16.0. The van der Waals surface area contributed by atoms with E-state index in [9.17, 15) is 9.59 Å². The van der Waals surface area contributed by atoms with Gasteiger partial charge in [0.2, 0.25) is 5.91 Å². The Morgan fingerprint density at radius 3 is 2.70 bits per heavy atom. The molecular weight excluding hydrogens is 258 g/mol. The predicted octanol–water partition coefficient (Wildman–Crippen LogP) is 1.64. The summed E-state index contributed by atoms with van der Waals surface area (Å²) in [6.07, 6.45) is 1.74. The monoisotopic (exact) mass is 279 g/mol. The fraction of sp³-hybridized carbons (Fsp3) is 0.429. The van der Waals surface area contributed by atoms with E-state index in [-0.39, 0.29) is 6.03 Å². The molecule has 4 N–H and O–H groups in total. The van der Waals surface area contributed by atoms with Gasteiger partial charge in [0, 0.05) is 31.5 Å². The van der Waals surface area contributed by atoms with Gasteiger partial charge >= 0.3 is 6.03 Å². The fourth-order valence-corrected chi connectivity index (χ4v) is 1.65. The van der Waals surface area contributed by atoms with Crippen LogP contribution >= 0.6 is 0 Å². The molecule has 1 aromatic rings. The van der Waals surface area contributed by atoms with E-state index in [0.717, 1.165) is 18.4 Å². The predicted molar refractivity (Wildman–Crippen MR) is 77.8 cm³/mol. The summed E-state index contributed by atoms with van der Waals surface area (Å²) in [6.45, 7) is 3.10. The number of methoxy groups -OCH3 is 1. The van der Waals surface area contributed by atoms with Crippen LogP contribution in [0, 0.1) is 6.92 Å². The second kappa shape index (κ2) is 8.16. The van der Waals surface area contributed by atoms with Crippen LogP contribution in [0.5, 0.6) is 0 Å². The molecule has 0 atom stereocenters. The second-order valence-electron chi connectivity index (χ2n) is 4.47. The molecule has 0 aliphatic heterocycles. The Morgan fingerprint density at radius 2 is 2.05 bits per heavy atom. The molecule has 0 aliphatic carbocycles. The number of unbranched alkanes of at least 4 members (excludes halogenated alkanes) is 1. The standard InChI is InChI=1S/C14H21N3O3/c1-10-5-6-11(13(15)18)9-12(10)17-14(19)16-7-3-4-8-20-2/h5-6,9H,3-4,7-8H2,1-2H3,(H2,15,18)(H2,16,17,19). The lowest BCUT2D eigenvalue weighted by Crippen LogP contribution is -2.30. The van der Waals surface area contributed by atoms with Crippen molar-refractivity contribution in [1.29, 1.82) is 0 Å². The summed E-state index contributed by atoms with van der Waals surface area (Å²) >= 11 is 0. The molecule has 110 valence electrons. The van der Waals surface area contributed by atoms with Crippen LogP contribution in [0.2, 0.25) is 0 Å². The number of hydrogen-bond donors (Lipinski definition) is 3. The zero-order valence-corrected chi connectivity index (χ0v) is 11.9. The molecule has 0 aromatic heterocycles. The van der Waals surface area contributed by atoms with Gasteiger partial charge in [0.05, 0.1) is 0 Å². The van der Waals surface area contributed by atoms with Gasteiger partial charge in [0.25, 0.3) is 0 Å². The molecule has 0 bridgehead atoms. The number of ether oxygens (including phenoxy) is 1. The number of anilines is 1. The Hall–Kier alpha value is -2.08. The van der Waals surface area contributed by atoms with Crippen LogP contribution < -0.4 is 16.4 Å². The highest BCUT2D eigenvalue weighted by molar-refractivity contribution is 5.96. The van der Waals surface area contributed by atoms with E-state index in [1.165, 1.54) is 0 Å². The molecule has 0 saturated carbocycles. The lowest BCUT2D eigenvalue weighted by molar-refractivity contribution is 0.100. The lowest BCUT2D eigenvalue weighted by atomic mass is 10.1. The highest BCUT2D eigenvalue weighted by atomic mass is 16.5. The summed E-state index contributed by atoms with van der Waals surface area (Å²) in [4.78, 5) is 22.8. The smallest absolute Gasteiger partial charge is 0.319 e. The van der Waals surface area contributed by atoms with Crippen LogP contribution in [0.1, 0.15) is 28.8 Å². The average molecular weight is 279 g/mol. The Kier molecular flexibility index (Phi) is 6.52. The van der Waals surface area contributed by atoms with E-state index in [4.69, 9.17) is 10.5 Å². The fourth-order valence-electron chi connectivity index (χ4n) is 1.65. The normalized spacial score (nSPS) is 10.1. The zero-order valence-electron chi connectivity index (χ0n) is 11.9. The largest absolute Gasteiger partial charge is 0.385 e. The first-order valence-electron chi connectivity index (χ1n) is 6.49. The summed E-state index contributed by atoms with van der Waals surface area (Å²) in [5.74, 6) is -0.520. The summed E-state index contributed by atoms with van der Waals surface area (Å²) < 4.78 is 4.92. The molecule has 0 unspecified atom stereocenters. The maximum atomic E-state index is 11.7. The first-order valence-corrected chi connectivity index (χ1v) is 6.49. The first-order chi connectivity index (χ1) is 9.54. The van der Waals surface area contributed by atoms with Crippen molar-refractivity contribution >= 4 is 17.6 Å². The molecule has 3 amide bonds. The summed E-state index contributed by atoms with van der Waals surface area (Å²) in [5.41, 5.74) is 7.02. The molecule has 0 aliphatic rings. The molecule has 0 saturated heterocycles. The third-order valence-electron chi connectivity index (χ3n) is 2.83. The number of benzene rings is 1. The van der Waals surface area contributed by atoms with E-state index in [2.05, 4.69) is 10.6 Å². The van der Waals surface area contributed by atoms with Gasteiger partial charge in [-0.3, -0.25) is 4.79 Å². The molecule has 1 aromatic carbocycles. The zero-order chi connectivity index (χ0) is 15.0. The molecule has 20 heavy (non-hydrogen) atoms. The van der Waals surface area contributed by atoms with Crippen molar-refractivity contribution in [3.05, 3.63) is 29.3 Å². The number of urea groups is 1. The number of hydrogen-bond acceptors (Lipinski definition) is 3. The molecule has 0 spiro atoms. The number of primary amides is 1. The van der Waals surface area contributed by atoms with Gasteiger partial charge in [-0.25, -0.2) is 4.79 Å². The van der Waals surface area contributed by atoms with Gasteiger partial charge in [-0.15, -0.1) is 0 Å². The van der Waals surface area contributed by atoms with Gasteiger partial charge in [0.1, 0.15) is 0 Å². The number of nitrogens with two attached hydrogens (primary N) is 1. The molecule has 6 nitrogen and oxygen atoms in total. The van der Waals surface area contributed by atoms with E-state index in [1.807, 2.05) is 6.92 Å². The number of rotatable bonds is 7. The second-order valence-corrected chi connectivity index (χ2v) is 4.47. The van der Waals surface area contributed by atoms with Gasteiger partial charge in [-0.1, -0.05) is 6.07 Å². The van der Waals surface area contributed by atoms with E-state index in [1.54, 1.807) is 25.3 Å². The minimum absolute atomic E-state index is 0.299. The Morgan fingerprint density at radius 1 is 1.30 bits per heavy atom. The van der Waals surface area contributed by atoms with Gasteiger partial charge in [-0.2, -0.15) is 0 Å². The van der Waals surface area contributed by atoms with Crippen LogP contribution in [0.25, 0.3) is 0 Å². The van der Waals surface area contributed by atoms with Crippen LogP contribution in [0.15, 0.2) is 18.2 Å². The molecule has 0 fully saturated rings. The van der Waals surface area contributed by atoms with Crippen LogP contribution in [0.4, 0.5) is 10.5 Å². The summed E-state index contributed by atoms with van der Waals surface area (Å²) in [5, 5.41) is 5.45. The number of nitrogens with one attached hydrogen (secondary N) is 2. The Balaban J connectivity index is 2.49. The molecule has 0 heterocycles. The van der Waals surface area contributed by atoms with Crippen molar-refractivity contribution in [2.75, 3.05) is 25.6 Å². The van der Waals surface area contributed by atoms with Crippen molar-refractivity contribution < 1.29 is 14.3 Å². The van der Waals surface area contributed by atoms with E-state index in [0.29, 0.717) is 24.4 Å². The molecule has 6 heteroatoms. The van der Waals surface area contributed by atoms with Gasteiger partial charge < -0.3 is 21.1 Å². The Labute approximate surface area is 118 Å². The number of carbonyl (C=O) groups is 2. The van der Waals surface area contributed by atoms with Crippen LogP contribution in [-0.4, -0.2) is 32.2 Å². The molecular formula is C14H21N3O3. The minimum atomic E-state index is -0.520. The van der Waals surface area contributed by atoms with Crippen molar-refractivity contribution in [2.24, 2.45) is 5.73 Å². The highest BCUT2D eigenvalue weighted by Gasteiger charge is 2.07. The topological polar surface area (TPSA) is 93.4 Å². The van der Waals surface area contributed by atoms with Gasteiger partial charge in [0.15, 0.2) is 0 Å². The minimum Gasteiger partial charge on any atom is -0.385 e. The van der Waals surface area contributed by atoms with Crippen LogP contribution in [0.3, 0.4) is 0 Å². The number of aryl methyl sites for hydroxylation is 1. The highest BCUT2D eigenvalue weighted by Crippen LogP contribution is 2.16. The molecule has 1 rings (SSSR count). The third kappa shape index (κ3) is 5.27. The SMILES string of the molecule is COCCCCNC(=O)Nc1cc(C(N)=O)ccc1C.